The Morgan fingerprint density at radius 3 is 2.52 bits per heavy atom. The molecule has 2 heterocycles. The van der Waals surface area contributed by atoms with Crippen molar-refractivity contribution in [3.05, 3.63) is 69.1 Å². The van der Waals surface area contributed by atoms with Gasteiger partial charge in [0.2, 0.25) is 0 Å². The van der Waals surface area contributed by atoms with Crippen molar-refractivity contribution in [3.63, 3.8) is 0 Å². The van der Waals surface area contributed by atoms with Crippen LogP contribution in [0.2, 0.25) is 5.02 Å². The Balaban J connectivity index is 1.55. The fourth-order valence-electron chi connectivity index (χ4n) is 3.50. The zero-order chi connectivity index (χ0) is 19.0. The van der Waals surface area contributed by atoms with Gasteiger partial charge >= 0.3 is 0 Å². The third-order valence-electron chi connectivity index (χ3n) is 4.98. The Hall–Kier alpha value is -2.86. The molecule has 1 fully saturated rings. The molecule has 0 aliphatic carbocycles. The van der Waals surface area contributed by atoms with Crippen molar-refractivity contribution in [2.75, 3.05) is 31.1 Å². The predicted octanol–water partition coefficient (Wildman–Crippen LogP) is 2.85. The van der Waals surface area contributed by atoms with E-state index in [1.54, 1.807) is 29.2 Å². The molecular weight excluding hydrogens is 364 g/mol. The molecule has 138 valence electrons. The van der Waals surface area contributed by atoms with Gasteiger partial charge in [-0.2, -0.15) is 5.10 Å². The van der Waals surface area contributed by atoms with E-state index in [9.17, 15) is 9.59 Å². The molecule has 1 saturated heterocycles. The number of benzene rings is 2. The lowest BCUT2D eigenvalue weighted by Crippen LogP contribution is -2.49. The highest BCUT2D eigenvalue weighted by Gasteiger charge is 2.25. The molecule has 0 saturated carbocycles. The zero-order valence-corrected chi connectivity index (χ0v) is 15.7. The third kappa shape index (κ3) is 3.28. The first-order chi connectivity index (χ1) is 13.0. The molecule has 1 amide bonds. The van der Waals surface area contributed by atoms with E-state index in [0.717, 1.165) is 11.3 Å². The molecule has 1 aliphatic heterocycles. The summed E-state index contributed by atoms with van der Waals surface area (Å²) in [6.07, 6.45) is 0. The molecule has 0 atom stereocenters. The summed E-state index contributed by atoms with van der Waals surface area (Å²) in [6, 6.07) is 12.9. The predicted molar refractivity (Wildman–Crippen MR) is 107 cm³/mol. The van der Waals surface area contributed by atoms with E-state index >= 15 is 0 Å². The van der Waals surface area contributed by atoms with Crippen LogP contribution in [-0.2, 0) is 0 Å². The van der Waals surface area contributed by atoms with Gasteiger partial charge in [0.1, 0.15) is 0 Å². The fourth-order valence-corrected chi connectivity index (χ4v) is 3.67. The van der Waals surface area contributed by atoms with Crippen LogP contribution in [0.4, 0.5) is 5.69 Å². The number of anilines is 1. The lowest BCUT2D eigenvalue weighted by molar-refractivity contribution is 0.0742. The number of aromatic nitrogens is 2. The number of hydrogen-bond donors (Lipinski definition) is 1. The van der Waals surface area contributed by atoms with Crippen molar-refractivity contribution in [2.45, 2.75) is 6.92 Å². The zero-order valence-electron chi connectivity index (χ0n) is 14.9. The molecule has 0 radical (unpaired) electrons. The molecule has 3 aromatic rings. The van der Waals surface area contributed by atoms with Crippen LogP contribution in [0.1, 0.15) is 16.1 Å². The molecule has 7 heteroatoms. The van der Waals surface area contributed by atoms with E-state index < -0.39 is 0 Å². The minimum absolute atomic E-state index is 0.162. The molecule has 0 spiro atoms. The van der Waals surface area contributed by atoms with Crippen LogP contribution in [0.25, 0.3) is 10.8 Å². The Labute approximate surface area is 161 Å². The summed E-state index contributed by atoms with van der Waals surface area (Å²) in [5, 5.41) is 8.22. The molecule has 1 aromatic heterocycles. The highest BCUT2D eigenvalue weighted by atomic mass is 35.5. The van der Waals surface area contributed by atoms with Crippen LogP contribution >= 0.6 is 11.6 Å². The van der Waals surface area contributed by atoms with E-state index in [0.29, 0.717) is 42.0 Å². The van der Waals surface area contributed by atoms with Gasteiger partial charge in [-0.1, -0.05) is 35.9 Å². The van der Waals surface area contributed by atoms with Crippen molar-refractivity contribution in [1.29, 1.82) is 0 Å². The highest BCUT2D eigenvalue weighted by molar-refractivity contribution is 6.30. The summed E-state index contributed by atoms with van der Waals surface area (Å²) in [7, 11) is 0. The van der Waals surface area contributed by atoms with Gasteiger partial charge in [-0.3, -0.25) is 9.59 Å². The number of carbonyl (C=O) groups is 1. The quantitative estimate of drug-likeness (QED) is 0.740. The normalized spacial score (nSPS) is 14.6. The number of rotatable bonds is 2. The fraction of sp³-hybridized carbons (Fsp3) is 0.250. The monoisotopic (exact) mass is 382 g/mol. The second-order valence-corrected chi connectivity index (χ2v) is 7.09. The Bertz CT molecular complexity index is 1070. The van der Waals surface area contributed by atoms with Crippen molar-refractivity contribution >= 4 is 34.0 Å². The van der Waals surface area contributed by atoms with Crippen LogP contribution in [0.3, 0.4) is 0 Å². The molecule has 0 unspecified atom stereocenters. The Morgan fingerprint density at radius 1 is 1.07 bits per heavy atom. The van der Waals surface area contributed by atoms with Crippen molar-refractivity contribution in [1.82, 2.24) is 15.1 Å². The molecule has 6 nitrogen and oxygen atoms in total. The first kappa shape index (κ1) is 17.5. The summed E-state index contributed by atoms with van der Waals surface area (Å²) in [4.78, 5) is 28.9. The van der Waals surface area contributed by atoms with Gasteiger partial charge in [-0.15, -0.1) is 0 Å². The minimum atomic E-state index is -0.289. The number of nitrogens with one attached hydrogen (secondary N) is 1. The largest absolute Gasteiger partial charge is 0.368 e. The lowest BCUT2D eigenvalue weighted by Gasteiger charge is -2.36. The molecule has 27 heavy (non-hydrogen) atoms. The minimum Gasteiger partial charge on any atom is -0.368 e. The van der Waals surface area contributed by atoms with Crippen LogP contribution in [-0.4, -0.2) is 47.2 Å². The average molecular weight is 383 g/mol. The first-order valence-corrected chi connectivity index (χ1v) is 9.20. The Kier molecular flexibility index (Phi) is 4.58. The van der Waals surface area contributed by atoms with Crippen molar-refractivity contribution in [3.8, 4) is 0 Å². The van der Waals surface area contributed by atoms with Gasteiger partial charge in [0.05, 0.1) is 5.39 Å². The Morgan fingerprint density at radius 2 is 1.78 bits per heavy atom. The number of halogens is 1. The summed E-state index contributed by atoms with van der Waals surface area (Å²) in [5.74, 6) is -0.162. The van der Waals surface area contributed by atoms with Gasteiger partial charge in [-0.05, 0) is 30.7 Å². The number of piperazine rings is 1. The van der Waals surface area contributed by atoms with E-state index in [1.165, 1.54) is 0 Å². The van der Waals surface area contributed by atoms with E-state index in [-0.39, 0.29) is 17.2 Å². The molecular formula is C20H19ClN4O2. The number of H-pyrrole nitrogens is 1. The van der Waals surface area contributed by atoms with Crippen LogP contribution in [0.5, 0.6) is 0 Å². The van der Waals surface area contributed by atoms with Crippen molar-refractivity contribution in [2.24, 2.45) is 0 Å². The number of amides is 1. The van der Waals surface area contributed by atoms with E-state index in [4.69, 9.17) is 11.6 Å². The standard InChI is InChI=1S/C20H19ClN4O2/c1-13-6-7-14(21)12-17(13)24-8-10-25(11-9-24)20(27)18-15-4-2-3-5-16(15)19(26)23-22-18/h2-7,12H,8-11H2,1H3,(H,23,26). The van der Waals surface area contributed by atoms with E-state index in [1.807, 2.05) is 18.2 Å². The molecule has 1 N–H and O–H groups in total. The lowest BCUT2D eigenvalue weighted by atomic mass is 10.1. The number of nitrogens with zero attached hydrogens (tertiary/aromatic N) is 3. The second kappa shape index (κ2) is 7.04. The topological polar surface area (TPSA) is 69.3 Å². The summed E-state index contributed by atoms with van der Waals surface area (Å²) in [5.41, 5.74) is 2.26. The maximum absolute atomic E-state index is 13.0. The SMILES string of the molecule is Cc1ccc(Cl)cc1N1CCN(C(=O)c2n[nH]c(=O)c3ccccc23)CC1. The molecule has 0 bridgehead atoms. The first-order valence-electron chi connectivity index (χ1n) is 8.82. The number of aromatic amines is 1. The highest BCUT2D eigenvalue weighted by Crippen LogP contribution is 2.25. The molecule has 4 rings (SSSR count). The van der Waals surface area contributed by atoms with Crippen LogP contribution in [0, 0.1) is 6.92 Å². The average Bonchev–Trinajstić information content (AvgIpc) is 2.70. The summed E-state index contributed by atoms with van der Waals surface area (Å²) >= 11 is 6.13. The van der Waals surface area contributed by atoms with Gasteiger partial charge in [0.25, 0.3) is 11.5 Å². The summed E-state index contributed by atoms with van der Waals surface area (Å²) < 4.78 is 0. The van der Waals surface area contributed by atoms with Crippen LogP contribution in [0.15, 0.2) is 47.3 Å². The number of hydrogen-bond acceptors (Lipinski definition) is 4. The second-order valence-electron chi connectivity index (χ2n) is 6.66. The third-order valence-corrected chi connectivity index (χ3v) is 5.21. The molecule has 1 aliphatic rings. The smallest absolute Gasteiger partial charge is 0.275 e. The van der Waals surface area contributed by atoms with Gasteiger partial charge in [-0.25, -0.2) is 5.10 Å². The number of carbonyl (C=O) groups excluding carboxylic acids is 1. The van der Waals surface area contributed by atoms with Crippen LogP contribution < -0.4 is 10.5 Å². The molecule has 2 aromatic carbocycles. The van der Waals surface area contributed by atoms with Gasteiger partial charge in [0.15, 0.2) is 5.69 Å². The number of fused-ring (bicyclic) bond motifs is 1. The number of aryl methyl sites for hydroxylation is 1. The van der Waals surface area contributed by atoms with Gasteiger partial charge in [0, 0.05) is 42.3 Å². The maximum atomic E-state index is 13.0. The van der Waals surface area contributed by atoms with Crippen molar-refractivity contribution < 1.29 is 4.79 Å². The maximum Gasteiger partial charge on any atom is 0.275 e. The van der Waals surface area contributed by atoms with E-state index in [2.05, 4.69) is 22.0 Å². The summed E-state index contributed by atoms with van der Waals surface area (Å²) in [6.45, 7) is 4.65. The van der Waals surface area contributed by atoms with Gasteiger partial charge < -0.3 is 9.80 Å².